The van der Waals surface area contributed by atoms with Crippen LogP contribution in [0.1, 0.15) is 29.9 Å². The number of nitriles is 1. The molecular weight excluding hydrogens is 545 g/mol. The molecule has 0 fully saturated rings. The van der Waals surface area contributed by atoms with Crippen LogP contribution in [0.4, 0.5) is 4.39 Å². The summed E-state index contributed by atoms with van der Waals surface area (Å²) in [6.07, 6.45) is 0. The summed E-state index contributed by atoms with van der Waals surface area (Å²) < 4.78 is 52.5. The number of aromatic hydroxyl groups is 1. The number of rotatable bonds is 9. The van der Waals surface area contributed by atoms with Gasteiger partial charge in [-0.25, -0.2) is 12.8 Å². The summed E-state index contributed by atoms with van der Waals surface area (Å²) in [6.45, 7) is 1.66. The minimum Gasteiger partial charge on any atom is -0.492 e. The quantitative estimate of drug-likeness (QED) is 0.418. The molecule has 1 atom stereocenters. The zero-order valence-corrected chi connectivity index (χ0v) is 21.1. The number of ether oxygens (including phenoxy) is 2. The number of sulfone groups is 1. The second-order valence-electron chi connectivity index (χ2n) is 7.28. The van der Waals surface area contributed by atoms with Crippen LogP contribution in [0.2, 0.25) is 0 Å². The smallest absolute Gasteiger partial charge is 0.277 e. The Morgan fingerprint density at radius 1 is 1.29 bits per heavy atom. The average molecular weight is 566 g/mol. The molecule has 0 aliphatic heterocycles. The maximum atomic E-state index is 14.1. The summed E-state index contributed by atoms with van der Waals surface area (Å²) in [6, 6.07) is 10.5. The van der Waals surface area contributed by atoms with Crippen LogP contribution in [0.15, 0.2) is 61.5 Å². The molecule has 0 saturated heterocycles. The van der Waals surface area contributed by atoms with Crippen molar-refractivity contribution in [3.63, 3.8) is 0 Å². The highest BCUT2D eigenvalue weighted by Gasteiger charge is 2.32. The molecule has 1 N–H and O–H groups in total. The van der Waals surface area contributed by atoms with Crippen LogP contribution in [0.3, 0.4) is 0 Å². The van der Waals surface area contributed by atoms with Crippen molar-refractivity contribution in [2.75, 3.05) is 20.3 Å². The molecule has 0 saturated carbocycles. The number of methoxy groups -OCH3 is 1. The van der Waals surface area contributed by atoms with Crippen molar-refractivity contribution in [2.24, 2.45) is 0 Å². The molecule has 3 aromatic rings. The van der Waals surface area contributed by atoms with Gasteiger partial charge in [-0.2, -0.15) is 10.2 Å². The molecule has 0 aliphatic carbocycles. The fraction of sp³-hybridized carbons (Fsp3) is 0.261. The molecule has 0 spiro atoms. The van der Waals surface area contributed by atoms with Gasteiger partial charge in [0.1, 0.15) is 18.2 Å². The largest absolute Gasteiger partial charge is 0.492 e. The Hall–Kier alpha value is -3.11. The van der Waals surface area contributed by atoms with Gasteiger partial charge in [0.15, 0.2) is 4.90 Å². The number of hydrogen-bond acceptors (Lipinski definition) is 8. The summed E-state index contributed by atoms with van der Waals surface area (Å²) in [5, 5.41) is 19.8. The van der Waals surface area contributed by atoms with Crippen LogP contribution in [0.25, 0.3) is 0 Å². The molecule has 0 radical (unpaired) electrons. The van der Waals surface area contributed by atoms with Gasteiger partial charge in [0.2, 0.25) is 15.7 Å². The Morgan fingerprint density at radius 2 is 2.03 bits per heavy atom. The molecular formula is C23H21BrFN3O6S. The van der Waals surface area contributed by atoms with Gasteiger partial charge in [-0.3, -0.25) is 9.36 Å². The number of nitrogens with zero attached hydrogens (tertiary/aromatic N) is 3. The predicted octanol–water partition coefficient (Wildman–Crippen LogP) is 3.33. The van der Waals surface area contributed by atoms with Crippen LogP contribution < -0.4 is 5.56 Å². The Morgan fingerprint density at radius 3 is 2.66 bits per heavy atom. The van der Waals surface area contributed by atoms with E-state index in [4.69, 9.17) is 9.47 Å². The van der Waals surface area contributed by atoms with Crippen molar-refractivity contribution in [1.29, 1.82) is 5.26 Å². The second kappa shape index (κ2) is 11.1. The first-order valence-corrected chi connectivity index (χ1v) is 12.5. The van der Waals surface area contributed by atoms with Gasteiger partial charge in [-0.15, -0.1) is 0 Å². The van der Waals surface area contributed by atoms with E-state index in [-0.39, 0.29) is 30.1 Å². The van der Waals surface area contributed by atoms with Crippen LogP contribution >= 0.6 is 15.9 Å². The van der Waals surface area contributed by atoms with E-state index in [1.807, 2.05) is 6.07 Å². The molecule has 3 rings (SSSR count). The lowest BCUT2D eigenvalue weighted by Crippen LogP contribution is -2.35. The molecule has 1 unspecified atom stereocenters. The SMILES string of the molecule is CCOCc1nc(O)c(S(=O)(=O)c2ccc(Br)c(F)c2)c(=O)n1C(COC)c1cccc(C#N)c1. The van der Waals surface area contributed by atoms with Crippen LogP contribution in [0.5, 0.6) is 5.88 Å². The van der Waals surface area contributed by atoms with Crippen molar-refractivity contribution < 1.29 is 27.4 Å². The van der Waals surface area contributed by atoms with Crippen LogP contribution in [-0.4, -0.2) is 43.4 Å². The Balaban J connectivity index is 2.34. The van der Waals surface area contributed by atoms with Gasteiger partial charge < -0.3 is 14.6 Å². The third-order valence-corrected chi connectivity index (χ3v) is 7.48. The molecule has 0 bridgehead atoms. The van der Waals surface area contributed by atoms with Gasteiger partial charge in [-0.1, -0.05) is 12.1 Å². The summed E-state index contributed by atoms with van der Waals surface area (Å²) in [4.78, 5) is 16.1. The molecule has 184 valence electrons. The second-order valence-corrected chi connectivity index (χ2v) is 10.0. The van der Waals surface area contributed by atoms with E-state index in [0.717, 1.165) is 16.7 Å². The van der Waals surface area contributed by atoms with E-state index in [0.29, 0.717) is 11.1 Å². The molecule has 12 heteroatoms. The number of benzene rings is 2. The Kier molecular flexibility index (Phi) is 8.39. The highest BCUT2D eigenvalue weighted by molar-refractivity contribution is 9.10. The summed E-state index contributed by atoms with van der Waals surface area (Å²) >= 11 is 2.95. The third-order valence-electron chi connectivity index (χ3n) is 5.07. The number of aromatic nitrogens is 2. The monoisotopic (exact) mass is 565 g/mol. The van der Waals surface area contributed by atoms with E-state index >= 15 is 0 Å². The average Bonchev–Trinajstić information content (AvgIpc) is 2.83. The van der Waals surface area contributed by atoms with E-state index in [1.54, 1.807) is 25.1 Å². The lowest BCUT2D eigenvalue weighted by Gasteiger charge is -2.24. The molecule has 2 aromatic carbocycles. The first-order chi connectivity index (χ1) is 16.6. The van der Waals surface area contributed by atoms with Crippen molar-refractivity contribution in [3.05, 3.63) is 80.1 Å². The fourth-order valence-electron chi connectivity index (χ4n) is 3.46. The lowest BCUT2D eigenvalue weighted by atomic mass is 10.0. The summed E-state index contributed by atoms with van der Waals surface area (Å²) in [7, 11) is -3.29. The van der Waals surface area contributed by atoms with E-state index in [2.05, 4.69) is 20.9 Å². The minimum atomic E-state index is -4.68. The number of hydrogen-bond donors (Lipinski definition) is 1. The Labute approximate surface area is 209 Å². The maximum absolute atomic E-state index is 14.1. The molecule has 1 heterocycles. The van der Waals surface area contributed by atoms with E-state index < -0.39 is 42.9 Å². The van der Waals surface area contributed by atoms with Crippen LogP contribution in [0, 0.1) is 17.1 Å². The summed E-state index contributed by atoms with van der Waals surface area (Å²) in [5.41, 5.74) is -0.316. The standard InChI is InChI=1S/C23H21BrFN3O6S/c1-3-34-13-20-27-22(29)21(35(31,32)16-7-8-17(24)18(25)10-16)23(30)28(20)19(12-33-2)15-6-4-5-14(9-15)11-26/h4-10,19,29H,3,12-13H2,1-2H3. The van der Waals surface area contributed by atoms with Gasteiger partial charge >= 0.3 is 0 Å². The van der Waals surface area contributed by atoms with Gasteiger partial charge in [-0.05, 0) is 58.7 Å². The van der Waals surface area contributed by atoms with E-state index in [1.165, 1.54) is 19.2 Å². The van der Waals surface area contributed by atoms with Crippen molar-refractivity contribution in [3.8, 4) is 11.9 Å². The normalized spacial score (nSPS) is 12.3. The fourth-order valence-corrected chi connectivity index (χ4v) is 5.06. The highest BCUT2D eigenvalue weighted by Crippen LogP contribution is 2.29. The lowest BCUT2D eigenvalue weighted by molar-refractivity contribution is 0.116. The molecule has 1 aromatic heterocycles. The molecule has 0 aliphatic rings. The maximum Gasteiger partial charge on any atom is 0.277 e. The molecule has 0 amide bonds. The minimum absolute atomic E-state index is 0.0285. The molecule has 35 heavy (non-hydrogen) atoms. The first-order valence-electron chi connectivity index (χ1n) is 10.3. The van der Waals surface area contributed by atoms with Crippen molar-refractivity contribution in [1.82, 2.24) is 9.55 Å². The van der Waals surface area contributed by atoms with E-state index in [9.17, 15) is 28.0 Å². The first kappa shape index (κ1) is 26.5. The highest BCUT2D eigenvalue weighted by atomic mass is 79.9. The topological polar surface area (TPSA) is 132 Å². The number of halogens is 2. The van der Waals surface area contributed by atoms with Gasteiger partial charge in [0.25, 0.3) is 5.56 Å². The third kappa shape index (κ3) is 5.43. The van der Waals surface area contributed by atoms with Gasteiger partial charge in [0.05, 0.1) is 33.6 Å². The van der Waals surface area contributed by atoms with Crippen molar-refractivity contribution in [2.45, 2.75) is 29.4 Å². The molecule has 9 nitrogen and oxygen atoms in total. The predicted molar refractivity (Wildman–Crippen MR) is 126 cm³/mol. The van der Waals surface area contributed by atoms with Gasteiger partial charge in [0, 0.05) is 13.7 Å². The van der Waals surface area contributed by atoms with Crippen LogP contribution in [-0.2, 0) is 25.9 Å². The zero-order valence-electron chi connectivity index (χ0n) is 18.7. The Bertz CT molecular complexity index is 1450. The van der Waals surface area contributed by atoms with Crippen molar-refractivity contribution >= 4 is 25.8 Å². The zero-order chi connectivity index (χ0) is 25.8. The summed E-state index contributed by atoms with van der Waals surface area (Å²) in [5.74, 6) is -1.96.